The van der Waals surface area contributed by atoms with Gasteiger partial charge in [-0.3, -0.25) is 0 Å². The Kier molecular flexibility index (Phi) is 10.3. The molecule has 6 rings (SSSR count). The maximum atomic E-state index is 13.1. The Labute approximate surface area is 292 Å². The second kappa shape index (κ2) is 15.5. The number of nitrogens with zero attached hydrogens (tertiary/aromatic N) is 2. The molecule has 0 fully saturated rings. The highest BCUT2D eigenvalue weighted by molar-refractivity contribution is 6.00. The normalized spacial score (nSPS) is 10.5. The number of ether oxygens (including phenoxy) is 4. The molecule has 0 radical (unpaired) electrons. The number of amides is 2. The molecule has 0 saturated carbocycles. The molecule has 2 N–H and O–H groups in total. The van der Waals surface area contributed by atoms with Gasteiger partial charge in [-0.1, -0.05) is 0 Å². The SMILES string of the molecule is COc1ccc(N(c2ccc(NC(=O)Nc3ccc(N(c4ccc(OC)cc4)c4ccc(OC)cc4)cc3)cc2)c2ccc(OC)cc2)cc1. The summed E-state index contributed by atoms with van der Waals surface area (Å²) in [6, 6.07) is 46.4. The minimum Gasteiger partial charge on any atom is -0.497 e. The molecular formula is C41H38N4O5. The summed E-state index contributed by atoms with van der Waals surface area (Å²) in [7, 11) is 6.59. The van der Waals surface area contributed by atoms with Crippen LogP contribution in [0.3, 0.4) is 0 Å². The predicted octanol–water partition coefficient (Wildman–Crippen LogP) is 10.3. The van der Waals surface area contributed by atoms with Gasteiger partial charge in [0.25, 0.3) is 0 Å². The molecule has 6 aromatic carbocycles. The fraction of sp³-hybridized carbons (Fsp3) is 0.0976. The standard InChI is InChI=1S/C41H38N4O5/c1-47-37-21-13-33(14-22-37)44(34-15-23-38(48-2)24-16-34)31-9-5-29(6-10-31)42-41(46)43-30-7-11-32(12-8-30)45(35-17-25-39(49-3)26-18-35)36-19-27-40(50-4)28-20-36/h5-28H,1-4H3,(H2,42,43,46). The lowest BCUT2D eigenvalue weighted by molar-refractivity contribution is 0.262. The van der Waals surface area contributed by atoms with Gasteiger partial charge >= 0.3 is 6.03 Å². The van der Waals surface area contributed by atoms with E-state index >= 15 is 0 Å². The molecule has 9 heteroatoms. The van der Waals surface area contributed by atoms with E-state index in [9.17, 15) is 4.79 Å². The van der Waals surface area contributed by atoms with Crippen LogP contribution in [0.4, 0.5) is 50.3 Å². The summed E-state index contributed by atoms with van der Waals surface area (Å²) in [6.07, 6.45) is 0. The topological polar surface area (TPSA) is 84.5 Å². The molecule has 0 aromatic heterocycles. The van der Waals surface area contributed by atoms with Crippen molar-refractivity contribution in [3.05, 3.63) is 146 Å². The molecule has 2 amide bonds. The van der Waals surface area contributed by atoms with E-state index in [-0.39, 0.29) is 6.03 Å². The number of methoxy groups -OCH3 is 4. The Morgan fingerprint density at radius 3 is 0.760 bits per heavy atom. The summed E-state index contributed by atoms with van der Waals surface area (Å²) in [6.45, 7) is 0. The molecule has 0 bridgehead atoms. The number of carbonyl (C=O) groups is 1. The van der Waals surface area contributed by atoms with Crippen LogP contribution in [0.5, 0.6) is 23.0 Å². The Hall–Kier alpha value is -6.61. The second-order valence-electron chi connectivity index (χ2n) is 11.1. The van der Waals surface area contributed by atoms with Crippen molar-refractivity contribution in [3.63, 3.8) is 0 Å². The summed E-state index contributed by atoms with van der Waals surface area (Å²) in [5, 5.41) is 5.88. The van der Waals surface area contributed by atoms with E-state index in [0.717, 1.165) is 57.1 Å². The average Bonchev–Trinajstić information content (AvgIpc) is 3.17. The first-order chi connectivity index (χ1) is 24.5. The van der Waals surface area contributed by atoms with Crippen LogP contribution in [-0.2, 0) is 0 Å². The van der Waals surface area contributed by atoms with Crippen LogP contribution in [-0.4, -0.2) is 34.5 Å². The van der Waals surface area contributed by atoms with Crippen LogP contribution in [0, 0.1) is 0 Å². The number of hydrogen-bond acceptors (Lipinski definition) is 7. The Morgan fingerprint density at radius 1 is 0.360 bits per heavy atom. The van der Waals surface area contributed by atoms with Gasteiger partial charge in [0.15, 0.2) is 0 Å². The van der Waals surface area contributed by atoms with Crippen LogP contribution in [0.15, 0.2) is 146 Å². The number of urea groups is 1. The zero-order valence-electron chi connectivity index (χ0n) is 28.3. The highest BCUT2D eigenvalue weighted by atomic mass is 16.5. The Morgan fingerprint density at radius 2 is 0.560 bits per heavy atom. The largest absolute Gasteiger partial charge is 0.497 e. The summed E-state index contributed by atoms with van der Waals surface area (Å²) in [4.78, 5) is 17.3. The molecular weight excluding hydrogens is 628 g/mol. The van der Waals surface area contributed by atoms with Crippen molar-refractivity contribution >= 4 is 51.5 Å². The molecule has 0 unspecified atom stereocenters. The first-order valence-electron chi connectivity index (χ1n) is 15.9. The third-order valence-corrected chi connectivity index (χ3v) is 8.09. The van der Waals surface area contributed by atoms with E-state index in [4.69, 9.17) is 18.9 Å². The number of rotatable bonds is 12. The van der Waals surface area contributed by atoms with Gasteiger partial charge in [-0.25, -0.2) is 4.79 Å². The zero-order chi connectivity index (χ0) is 34.9. The van der Waals surface area contributed by atoms with Crippen molar-refractivity contribution in [2.75, 3.05) is 48.9 Å². The highest BCUT2D eigenvalue weighted by Gasteiger charge is 2.15. The summed E-state index contributed by atoms with van der Waals surface area (Å²) < 4.78 is 21.4. The predicted molar refractivity (Wildman–Crippen MR) is 201 cm³/mol. The summed E-state index contributed by atoms with van der Waals surface area (Å²) >= 11 is 0. The molecule has 6 aromatic rings. The number of benzene rings is 6. The molecule has 0 aliphatic carbocycles. The molecule has 50 heavy (non-hydrogen) atoms. The van der Waals surface area contributed by atoms with Gasteiger partial charge in [-0.05, 0) is 146 Å². The van der Waals surface area contributed by atoms with Crippen molar-refractivity contribution in [2.24, 2.45) is 0 Å². The van der Waals surface area contributed by atoms with Crippen molar-refractivity contribution in [2.45, 2.75) is 0 Å². The Balaban J connectivity index is 1.17. The zero-order valence-corrected chi connectivity index (χ0v) is 28.3. The number of anilines is 8. The van der Waals surface area contributed by atoms with Crippen molar-refractivity contribution in [3.8, 4) is 23.0 Å². The van der Waals surface area contributed by atoms with Crippen molar-refractivity contribution < 1.29 is 23.7 Å². The van der Waals surface area contributed by atoms with E-state index in [1.54, 1.807) is 28.4 Å². The van der Waals surface area contributed by atoms with E-state index in [1.807, 2.05) is 146 Å². The van der Waals surface area contributed by atoms with Gasteiger partial charge in [0, 0.05) is 45.5 Å². The quantitative estimate of drug-likeness (QED) is 0.134. The molecule has 252 valence electrons. The maximum absolute atomic E-state index is 13.1. The average molecular weight is 667 g/mol. The van der Waals surface area contributed by atoms with Crippen molar-refractivity contribution in [1.82, 2.24) is 0 Å². The lowest BCUT2D eigenvalue weighted by Crippen LogP contribution is -2.19. The highest BCUT2D eigenvalue weighted by Crippen LogP contribution is 2.38. The minimum absolute atomic E-state index is 0.352. The van der Waals surface area contributed by atoms with E-state index < -0.39 is 0 Å². The molecule has 9 nitrogen and oxygen atoms in total. The molecule has 0 aliphatic rings. The first-order valence-corrected chi connectivity index (χ1v) is 15.9. The van der Waals surface area contributed by atoms with Crippen LogP contribution < -0.4 is 39.4 Å². The third kappa shape index (κ3) is 7.74. The van der Waals surface area contributed by atoms with Crippen LogP contribution in [0.2, 0.25) is 0 Å². The summed E-state index contributed by atoms with van der Waals surface area (Å²) in [5.74, 6) is 3.09. The van der Waals surface area contributed by atoms with Crippen LogP contribution in [0.25, 0.3) is 0 Å². The minimum atomic E-state index is -0.352. The number of carbonyl (C=O) groups excluding carboxylic acids is 1. The lowest BCUT2D eigenvalue weighted by Gasteiger charge is -2.26. The van der Waals surface area contributed by atoms with E-state index in [2.05, 4.69) is 20.4 Å². The molecule has 0 heterocycles. The maximum Gasteiger partial charge on any atom is 0.323 e. The lowest BCUT2D eigenvalue weighted by atomic mass is 10.1. The van der Waals surface area contributed by atoms with Gasteiger partial charge in [-0.15, -0.1) is 0 Å². The second-order valence-corrected chi connectivity index (χ2v) is 11.1. The molecule has 0 aliphatic heterocycles. The molecule has 0 spiro atoms. The third-order valence-electron chi connectivity index (χ3n) is 8.09. The Bertz CT molecular complexity index is 1740. The first kappa shape index (κ1) is 33.3. The smallest absolute Gasteiger partial charge is 0.323 e. The number of nitrogens with one attached hydrogen (secondary N) is 2. The van der Waals surface area contributed by atoms with E-state index in [1.165, 1.54) is 0 Å². The van der Waals surface area contributed by atoms with Gasteiger partial charge in [0.2, 0.25) is 0 Å². The monoisotopic (exact) mass is 666 g/mol. The molecule has 0 saturated heterocycles. The van der Waals surface area contributed by atoms with Crippen LogP contribution in [0.1, 0.15) is 0 Å². The van der Waals surface area contributed by atoms with Gasteiger partial charge in [0.1, 0.15) is 23.0 Å². The fourth-order valence-electron chi connectivity index (χ4n) is 5.50. The van der Waals surface area contributed by atoms with E-state index in [0.29, 0.717) is 11.4 Å². The van der Waals surface area contributed by atoms with Gasteiger partial charge in [-0.2, -0.15) is 0 Å². The number of hydrogen-bond donors (Lipinski definition) is 2. The van der Waals surface area contributed by atoms with Crippen molar-refractivity contribution in [1.29, 1.82) is 0 Å². The van der Waals surface area contributed by atoms with Crippen LogP contribution >= 0.6 is 0 Å². The van der Waals surface area contributed by atoms with Gasteiger partial charge in [0.05, 0.1) is 28.4 Å². The summed E-state index contributed by atoms with van der Waals surface area (Å²) in [5.41, 5.74) is 6.95. The fourth-order valence-corrected chi connectivity index (χ4v) is 5.50. The molecule has 0 atom stereocenters. The van der Waals surface area contributed by atoms with Gasteiger partial charge < -0.3 is 39.4 Å².